The maximum absolute atomic E-state index is 5.81. The van der Waals surface area contributed by atoms with Gasteiger partial charge in [0.25, 0.3) is 0 Å². The first kappa shape index (κ1) is 9.22. The average Bonchev–Trinajstić information content (AvgIpc) is 2.28. The summed E-state index contributed by atoms with van der Waals surface area (Å²) in [6.07, 6.45) is 0. The molecule has 0 fully saturated rings. The number of nitrogens with two attached hydrogens (primary N) is 1. The lowest BCUT2D eigenvalue weighted by atomic mass is 10.0. The van der Waals surface area contributed by atoms with Crippen LogP contribution >= 0.6 is 0 Å². The minimum Gasteiger partial charge on any atom is -0.399 e. The van der Waals surface area contributed by atoms with Crippen LogP contribution in [0.15, 0.2) is 48.5 Å². The van der Waals surface area contributed by atoms with E-state index in [1.165, 1.54) is 27.1 Å². The van der Waals surface area contributed by atoms with E-state index in [0.29, 0.717) is 0 Å². The van der Waals surface area contributed by atoms with Gasteiger partial charge in [-0.3, -0.25) is 0 Å². The molecule has 78 valence electrons. The van der Waals surface area contributed by atoms with Crippen molar-refractivity contribution in [2.75, 3.05) is 5.73 Å². The lowest BCUT2D eigenvalue weighted by Crippen LogP contribution is -1.85. The normalized spacial score (nSPS) is 11.1. The van der Waals surface area contributed by atoms with Crippen LogP contribution in [0.5, 0.6) is 0 Å². The quantitative estimate of drug-likeness (QED) is 0.439. The fourth-order valence-corrected chi connectivity index (χ4v) is 2.20. The fraction of sp³-hybridized carbons (Fsp3) is 0.0667. The van der Waals surface area contributed by atoms with E-state index < -0.39 is 0 Å². The number of rotatable bonds is 0. The lowest BCUT2D eigenvalue weighted by Gasteiger charge is -2.05. The molecule has 1 heteroatoms. The number of aryl methyl sites for hydroxylation is 1. The standard InChI is InChI=1S/C15H13N/c1-10-3-2-4-12-7-11-5-6-14(16)8-13(11)9-15(10)12/h2-9H,16H2,1H3. The van der Waals surface area contributed by atoms with Gasteiger partial charge in [0.1, 0.15) is 0 Å². The van der Waals surface area contributed by atoms with Crippen LogP contribution < -0.4 is 5.73 Å². The maximum atomic E-state index is 5.81. The number of nitrogen functional groups attached to an aromatic ring is 1. The molecule has 3 aromatic carbocycles. The topological polar surface area (TPSA) is 26.0 Å². The second kappa shape index (κ2) is 3.24. The Kier molecular flexibility index (Phi) is 1.87. The number of hydrogen-bond donors (Lipinski definition) is 1. The Balaban J connectivity index is 2.49. The molecule has 0 amide bonds. The van der Waals surface area contributed by atoms with Gasteiger partial charge in [-0.1, -0.05) is 24.3 Å². The third-order valence-electron chi connectivity index (χ3n) is 3.08. The van der Waals surface area contributed by atoms with Crippen LogP contribution in [0.3, 0.4) is 0 Å². The summed E-state index contributed by atoms with van der Waals surface area (Å²) in [6.45, 7) is 2.14. The summed E-state index contributed by atoms with van der Waals surface area (Å²) in [6, 6.07) is 16.9. The molecular formula is C15H13N. The summed E-state index contributed by atoms with van der Waals surface area (Å²) < 4.78 is 0. The van der Waals surface area contributed by atoms with Gasteiger partial charge in [-0.25, -0.2) is 0 Å². The zero-order chi connectivity index (χ0) is 11.1. The van der Waals surface area contributed by atoms with E-state index in [1.54, 1.807) is 0 Å². The predicted molar refractivity (Wildman–Crippen MR) is 70.6 cm³/mol. The van der Waals surface area contributed by atoms with Crippen LogP contribution in [0.2, 0.25) is 0 Å². The number of hydrogen-bond acceptors (Lipinski definition) is 1. The molecule has 0 unspecified atom stereocenters. The summed E-state index contributed by atoms with van der Waals surface area (Å²) >= 11 is 0. The third kappa shape index (κ3) is 1.33. The van der Waals surface area contributed by atoms with Crippen LogP contribution in [0, 0.1) is 6.92 Å². The fourth-order valence-electron chi connectivity index (χ4n) is 2.20. The van der Waals surface area contributed by atoms with Crippen molar-refractivity contribution in [1.29, 1.82) is 0 Å². The van der Waals surface area contributed by atoms with E-state index in [2.05, 4.69) is 43.3 Å². The van der Waals surface area contributed by atoms with Gasteiger partial charge in [-0.15, -0.1) is 0 Å². The second-order valence-electron chi connectivity index (χ2n) is 4.25. The van der Waals surface area contributed by atoms with Crippen LogP contribution in [0.4, 0.5) is 5.69 Å². The Hall–Kier alpha value is -2.02. The van der Waals surface area contributed by atoms with Crippen LogP contribution in [-0.2, 0) is 0 Å². The molecule has 3 aromatic rings. The predicted octanol–water partition coefficient (Wildman–Crippen LogP) is 3.88. The molecule has 0 aromatic heterocycles. The summed E-state index contributed by atoms with van der Waals surface area (Å²) in [5.74, 6) is 0. The Morgan fingerprint density at radius 2 is 1.69 bits per heavy atom. The smallest absolute Gasteiger partial charge is 0.0320 e. The van der Waals surface area contributed by atoms with Gasteiger partial charge >= 0.3 is 0 Å². The van der Waals surface area contributed by atoms with Crippen molar-refractivity contribution in [1.82, 2.24) is 0 Å². The Bertz CT molecular complexity index is 683. The molecule has 0 saturated heterocycles. The van der Waals surface area contributed by atoms with E-state index in [4.69, 9.17) is 5.73 Å². The summed E-state index contributed by atoms with van der Waals surface area (Å²) in [5.41, 5.74) is 7.93. The second-order valence-corrected chi connectivity index (χ2v) is 4.25. The summed E-state index contributed by atoms with van der Waals surface area (Å²) in [5, 5.41) is 5.05. The minimum atomic E-state index is 0.820. The molecular weight excluding hydrogens is 194 g/mol. The molecule has 3 rings (SSSR count). The molecule has 1 nitrogen and oxygen atoms in total. The van der Waals surface area contributed by atoms with Crippen LogP contribution in [0.1, 0.15) is 5.56 Å². The highest BCUT2D eigenvalue weighted by Gasteiger charge is 2.00. The molecule has 0 aliphatic rings. The molecule has 0 spiro atoms. The molecule has 0 aliphatic heterocycles. The molecule has 16 heavy (non-hydrogen) atoms. The van der Waals surface area contributed by atoms with Gasteiger partial charge in [0.05, 0.1) is 0 Å². The highest BCUT2D eigenvalue weighted by atomic mass is 14.5. The molecule has 0 bridgehead atoms. The van der Waals surface area contributed by atoms with E-state index in [9.17, 15) is 0 Å². The molecule has 0 saturated carbocycles. The van der Waals surface area contributed by atoms with Crippen molar-refractivity contribution in [2.24, 2.45) is 0 Å². The van der Waals surface area contributed by atoms with E-state index in [-0.39, 0.29) is 0 Å². The van der Waals surface area contributed by atoms with Crippen molar-refractivity contribution >= 4 is 27.2 Å². The van der Waals surface area contributed by atoms with Gasteiger partial charge in [0.2, 0.25) is 0 Å². The number of anilines is 1. The van der Waals surface area contributed by atoms with E-state index >= 15 is 0 Å². The van der Waals surface area contributed by atoms with Crippen molar-refractivity contribution in [3.8, 4) is 0 Å². The van der Waals surface area contributed by atoms with Gasteiger partial charge in [-0.2, -0.15) is 0 Å². The van der Waals surface area contributed by atoms with Gasteiger partial charge in [0, 0.05) is 5.69 Å². The minimum absolute atomic E-state index is 0.820. The SMILES string of the molecule is Cc1cccc2cc3ccc(N)cc3cc12. The highest BCUT2D eigenvalue weighted by Crippen LogP contribution is 2.26. The van der Waals surface area contributed by atoms with Gasteiger partial charge in [-0.05, 0) is 58.3 Å². The summed E-state index contributed by atoms with van der Waals surface area (Å²) in [4.78, 5) is 0. The zero-order valence-electron chi connectivity index (χ0n) is 9.20. The van der Waals surface area contributed by atoms with Crippen molar-refractivity contribution in [3.63, 3.8) is 0 Å². The first-order valence-corrected chi connectivity index (χ1v) is 5.43. The Morgan fingerprint density at radius 3 is 2.56 bits per heavy atom. The molecule has 0 heterocycles. The molecule has 0 atom stereocenters. The Labute approximate surface area is 94.5 Å². The van der Waals surface area contributed by atoms with Gasteiger partial charge < -0.3 is 5.73 Å². The third-order valence-corrected chi connectivity index (χ3v) is 3.08. The van der Waals surface area contributed by atoms with Crippen LogP contribution in [-0.4, -0.2) is 0 Å². The van der Waals surface area contributed by atoms with Crippen molar-refractivity contribution in [3.05, 3.63) is 54.1 Å². The Morgan fingerprint density at radius 1 is 0.812 bits per heavy atom. The van der Waals surface area contributed by atoms with Crippen LogP contribution in [0.25, 0.3) is 21.5 Å². The van der Waals surface area contributed by atoms with Crippen molar-refractivity contribution in [2.45, 2.75) is 6.92 Å². The maximum Gasteiger partial charge on any atom is 0.0320 e. The average molecular weight is 207 g/mol. The largest absolute Gasteiger partial charge is 0.399 e. The molecule has 0 aliphatic carbocycles. The molecule has 0 radical (unpaired) electrons. The number of benzene rings is 3. The number of fused-ring (bicyclic) bond motifs is 2. The zero-order valence-corrected chi connectivity index (χ0v) is 9.20. The van der Waals surface area contributed by atoms with Crippen molar-refractivity contribution < 1.29 is 0 Å². The summed E-state index contributed by atoms with van der Waals surface area (Å²) in [7, 11) is 0. The first-order valence-electron chi connectivity index (χ1n) is 5.43. The first-order chi connectivity index (χ1) is 7.74. The van der Waals surface area contributed by atoms with E-state index in [1.807, 2.05) is 12.1 Å². The van der Waals surface area contributed by atoms with Gasteiger partial charge in [0.15, 0.2) is 0 Å². The van der Waals surface area contributed by atoms with E-state index in [0.717, 1.165) is 5.69 Å². The monoisotopic (exact) mass is 207 g/mol. The molecule has 2 N–H and O–H groups in total. The highest BCUT2D eigenvalue weighted by molar-refractivity contribution is 6.00. The lowest BCUT2D eigenvalue weighted by molar-refractivity contribution is 1.54.